The van der Waals surface area contributed by atoms with Crippen molar-refractivity contribution in [1.82, 2.24) is 24.5 Å². The second kappa shape index (κ2) is 9.49. The number of carbonyl (C=O) groups excluding carboxylic acids is 1. The van der Waals surface area contributed by atoms with Crippen molar-refractivity contribution in [3.63, 3.8) is 0 Å². The number of anilines is 2. The summed E-state index contributed by atoms with van der Waals surface area (Å²) in [7, 11) is 0. The number of hydrogen-bond acceptors (Lipinski definition) is 6. The smallest absolute Gasteiger partial charge is 0.320 e. The van der Waals surface area contributed by atoms with E-state index in [0.717, 1.165) is 54.0 Å². The summed E-state index contributed by atoms with van der Waals surface area (Å²) in [5.41, 5.74) is 2.21. The third kappa shape index (κ3) is 5.09. The van der Waals surface area contributed by atoms with Gasteiger partial charge in [-0.2, -0.15) is 0 Å². The summed E-state index contributed by atoms with van der Waals surface area (Å²) >= 11 is 6.97. The Morgan fingerprint density at radius 2 is 1.96 bits per heavy atom. The van der Waals surface area contributed by atoms with Gasteiger partial charge in [0.05, 0.1) is 6.67 Å². The van der Waals surface area contributed by atoms with Gasteiger partial charge >= 0.3 is 6.03 Å². The van der Waals surface area contributed by atoms with E-state index >= 15 is 0 Å². The van der Waals surface area contributed by atoms with Crippen LogP contribution in [0.4, 0.5) is 15.6 Å². The lowest BCUT2D eigenvalue weighted by Gasteiger charge is -2.36. The third-order valence-electron chi connectivity index (χ3n) is 4.89. The molecule has 1 aliphatic rings. The van der Waals surface area contributed by atoms with Gasteiger partial charge in [0.2, 0.25) is 5.13 Å². The van der Waals surface area contributed by atoms with Gasteiger partial charge in [-0.25, -0.2) is 9.48 Å². The van der Waals surface area contributed by atoms with Crippen LogP contribution in [0.5, 0.6) is 0 Å². The van der Waals surface area contributed by atoms with Gasteiger partial charge in [-0.15, -0.1) is 5.10 Å². The van der Waals surface area contributed by atoms with Crippen LogP contribution >= 0.6 is 23.6 Å². The molecule has 0 unspecified atom stereocenters. The number of amides is 2. The van der Waals surface area contributed by atoms with Gasteiger partial charge in [-0.3, -0.25) is 4.90 Å². The summed E-state index contributed by atoms with van der Waals surface area (Å²) in [5.74, 6) is 0. The number of rotatable bonds is 6. The number of urea groups is 1. The van der Waals surface area contributed by atoms with Crippen molar-refractivity contribution in [2.24, 2.45) is 0 Å². The van der Waals surface area contributed by atoms with E-state index < -0.39 is 0 Å². The highest BCUT2D eigenvalue weighted by molar-refractivity contribution is 7.73. The van der Waals surface area contributed by atoms with E-state index in [-0.39, 0.29) is 6.03 Å². The fourth-order valence-electron chi connectivity index (χ4n) is 3.26. The van der Waals surface area contributed by atoms with Crippen molar-refractivity contribution >= 4 is 40.4 Å². The van der Waals surface area contributed by atoms with Crippen LogP contribution in [0.1, 0.15) is 19.4 Å². The third-order valence-corrected chi connectivity index (χ3v) is 6.11. The molecule has 28 heavy (non-hydrogen) atoms. The van der Waals surface area contributed by atoms with Crippen molar-refractivity contribution in [3.05, 3.63) is 33.8 Å². The molecule has 2 amide bonds. The molecular weight excluding hydrogens is 392 g/mol. The summed E-state index contributed by atoms with van der Waals surface area (Å²) in [6, 6.07) is 8.33. The molecule has 1 saturated heterocycles. The minimum Gasteiger partial charge on any atom is -0.330 e. The van der Waals surface area contributed by atoms with E-state index in [4.69, 9.17) is 12.2 Å². The van der Waals surface area contributed by atoms with E-state index in [1.54, 1.807) is 0 Å². The molecule has 0 saturated carbocycles. The van der Waals surface area contributed by atoms with Crippen molar-refractivity contribution in [2.45, 2.75) is 27.4 Å². The summed E-state index contributed by atoms with van der Waals surface area (Å²) in [4.78, 5) is 18.6. The standard InChI is InChI=1S/C19H28N6OS2/c1-4-23(5-2)18(26)24-11-9-22(10-12-24)14-25-19(27)28-17(21-25)20-16-8-6-7-15(3)13-16/h6-8,13H,4-5,9-12,14H2,1-3H3,(H,20,21). The molecule has 9 heteroatoms. The van der Waals surface area contributed by atoms with Gasteiger partial charge in [0, 0.05) is 45.0 Å². The first-order chi connectivity index (χ1) is 13.5. The molecule has 1 aromatic heterocycles. The van der Waals surface area contributed by atoms with E-state index in [0.29, 0.717) is 6.67 Å². The van der Waals surface area contributed by atoms with Crippen LogP contribution in [-0.4, -0.2) is 69.8 Å². The average Bonchev–Trinajstić information content (AvgIpc) is 3.02. The molecule has 0 bridgehead atoms. The average molecular weight is 421 g/mol. The molecule has 7 nitrogen and oxygen atoms in total. The van der Waals surface area contributed by atoms with Crippen LogP contribution in [-0.2, 0) is 6.67 Å². The summed E-state index contributed by atoms with van der Waals surface area (Å²) in [5, 5.41) is 8.76. The van der Waals surface area contributed by atoms with Crippen LogP contribution in [0, 0.1) is 10.9 Å². The summed E-state index contributed by atoms with van der Waals surface area (Å²) < 4.78 is 2.61. The van der Waals surface area contributed by atoms with E-state index in [2.05, 4.69) is 34.4 Å². The molecule has 2 heterocycles. The number of nitrogens with one attached hydrogen (secondary N) is 1. The summed E-state index contributed by atoms with van der Waals surface area (Å²) in [6.45, 7) is 11.4. The first kappa shape index (κ1) is 20.8. The molecule has 0 aliphatic carbocycles. The lowest BCUT2D eigenvalue weighted by Crippen LogP contribution is -2.53. The van der Waals surface area contributed by atoms with E-state index in [1.807, 2.05) is 40.5 Å². The SMILES string of the molecule is CCN(CC)C(=O)N1CCN(Cn2nc(Nc3cccc(C)c3)sc2=S)CC1. The topological polar surface area (TPSA) is 56.6 Å². The maximum absolute atomic E-state index is 12.5. The largest absolute Gasteiger partial charge is 0.330 e. The van der Waals surface area contributed by atoms with Gasteiger partial charge in [0.1, 0.15) is 0 Å². The van der Waals surface area contributed by atoms with Crippen molar-refractivity contribution in [1.29, 1.82) is 0 Å². The van der Waals surface area contributed by atoms with E-state index in [1.165, 1.54) is 16.9 Å². The first-order valence-electron chi connectivity index (χ1n) is 9.68. The minimum absolute atomic E-state index is 0.138. The summed E-state index contributed by atoms with van der Waals surface area (Å²) in [6.07, 6.45) is 0. The number of aryl methyl sites for hydroxylation is 1. The molecule has 0 atom stereocenters. The van der Waals surface area contributed by atoms with Crippen molar-refractivity contribution < 1.29 is 4.79 Å². The van der Waals surface area contributed by atoms with Gasteiger partial charge in [0.15, 0.2) is 3.95 Å². The predicted octanol–water partition coefficient (Wildman–Crippen LogP) is 3.76. The number of nitrogens with zero attached hydrogens (tertiary/aromatic N) is 5. The Bertz CT molecular complexity index is 852. The zero-order valence-electron chi connectivity index (χ0n) is 16.7. The van der Waals surface area contributed by atoms with Gasteiger partial charge in [-0.1, -0.05) is 23.5 Å². The molecule has 0 radical (unpaired) electrons. The Kier molecular flexibility index (Phi) is 7.03. The van der Waals surface area contributed by atoms with Crippen molar-refractivity contribution in [3.8, 4) is 0 Å². The van der Waals surface area contributed by atoms with Crippen LogP contribution < -0.4 is 5.32 Å². The second-order valence-electron chi connectivity index (χ2n) is 6.87. The number of carbonyl (C=O) groups is 1. The fourth-order valence-corrected chi connectivity index (χ4v) is 4.27. The number of aromatic nitrogens is 2. The predicted molar refractivity (Wildman–Crippen MR) is 117 cm³/mol. The maximum atomic E-state index is 12.5. The molecule has 1 aromatic carbocycles. The minimum atomic E-state index is 0.138. The molecular formula is C19H28N6OS2. The quantitative estimate of drug-likeness (QED) is 0.721. The van der Waals surface area contributed by atoms with Crippen molar-refractivity contribution in [2.75, 3.05) is 44.6 Å². The molecule has 1 fully saturated rings. The Morgan fingerprint density at radius 3 is 2.61 bits per heavy atom. The Hall–Kier alpha value is -1.97. The Labute approximate surface area is 175 Å². The molecule has 0 spiro atoms. The normalized spacial score (nSPS) is 14.9. The van der Waals surface area contributed by atoms with Crippen LogP contribution in [0.25, 0.3) is 0 Å². The maximum Gasteiger partial charge on any atom is 0.320 e. The van der Waals surface area contributed by atoms with Gasteiger partial charge in [0.25, 0.3) is 0 Å². The monoisotopic (exact) mass is 420 g/mol. The Balaban J connectivity index is 1.56. The lowest BCUT2D eigenvalue weighted by atomic mass is 10.2. The number of piperazine rings is 1. The molecule has 3 rings (SSSR count). The van der Waals surface area contributed by atoms with Gasteiger partial charge in [-0.05, 0) is 50.7 Å². The number of hydrogen-bond donors (Lipinski definition) is 1. The lowest BCUT2D eigenvalue weighted by molar-refractivity contribution is 0.0972. The van der Waals surface area contributed by atoms with Crippen LogP contribution in [0.2, 0.25) is 0 Å². The van der Waals surface area contributed by atoms with Crippen LogP contribution in [0.15, 0.2) is 24.3 Å². The molecule has 1 N–H and O–H groups in total. The molecule has 152 valence electrons. The highest BCUT2D eigenvalue weighted by Gasteiger charge is 2.24. The van der Waals surface area contributed by atoms with E-state index in [9.17, 15) is 4.79 Å². The fraction of sp³-hybridized carbons (Fsp3) is 0.526. The van der Waals surface area contributed by atoms with Gasteiger partial charge < -0.3 is 15.1 Å². The molecule has 1 aliphatic heterocycles. The zero-order chi connectivity index (χ0) is 20.1. The molecule has 2 aromatic rings. The van der Waals surface area contributed by atoms with Crippen LogP contribution in [0.3, 0.4) is 0 Å². The highest BCUT2D eigenvalue weighted by atomic mass is 32.1. The second-order valence-corrected chi connectivity index (χ2v) is 8.49. The highest BCUT2D eigenvalue weighted by Crippen LogP contribution is 2.21. The number of benzene rings is 1. The zero-order valence-corrected chi connectivity index (χ0v) is 18.4. The first-order valence-corrected chi connectivity index (χ1v) is 10.9. The Morgan fingerprint density at radius 1 is 1.25 bits per heavy atom.